The van der Waals surface area contributed by atoms with Crippen LogP contribution in [0.2, 0.25) is 0 Å². The molecule has 0 fully saturated rings. The molecule has 0 amide bonds. The van der Waals surface area contributed by atoms with Crippen LogP contribution in [0.25, 0.3) is 10.9 Å². The number of fused-ring (bicyclic) bond motifs is 1. The van der Waals surface area contributed by atoms with Crippen LogP contribution in [0.3, 0.4) is 0 Å². The highest BCUT2D eigenvalue weighted by Crippen LogP contribution is 2.29. The molecule has 4 aromatic rings. The first kappa shape index (κ1) is 24.8. The standard InChI is InChI=1S/C28H36N6O/c1-6-10-25(26-30-31-32-34(26)28(3,4)5)33(16-15-21-11-8-7-9-12-21)19-23-18-22-17-20(2)13-14-24(22)29-27(23)35/h7-9,11-14,17-18,25H,6,10,15-16,19H2,1-5H3,(H,29,35)/t25-/m1/s1. The van der Waals surface area contributed by atoms with E-state index in [1.165, 1.54) is 11.1 Å². The van der Waals surface area contributed by atoms with E-state index in [4.69, 9.17) is 0 Å². The number of H-pyrrole nitrogens is 1. The predicted octanol–water partition coefficient (Wildman–Crippen LogP) is 5.16. The van der Waals surface area contributed by atoms with E-state index in [9.17, 15) is 4.79 Å². The largest absolute Gasteiger partial charge is 0.322 e. The van der Waals surface area contributed by atoms with Gasteiger partial charge in [0.05, 0.1) is 11.6 Å². The number of aromatic amines is 1. The second-order valence-electron chi connectivity index (χ2n) is 10.3. The number of tetrazole rings is 1. The predicted molar refractivity (Wildman–Crippen MR) is 140 cm³/mol. The minimum absolute atomic E-state index is 0.00876. The number of aromatic nitrogens is 5. The number of rotatable bonds is 9. The topological polar surface area (TPSA) is 79.7 Å². The van der Waals surface area contributed by atoms with Crippen molar-refractivity contribution in [1.29, 1.82) is 0 Å². The van der Waals surface area contributed by atoms with Gasteiger partial charge in [0, 0.05) is 24.2 Å². The van der Waals surface area contributed by atoms with E-state index < -0.39 is 0 Å². The highest BCUT2D eigenvalue weighted by molar-refractivity contribution is 5.79. The zero-order valence-electron chi connectivity index (χ0n) is 21.5. The van der Waals surface area contributed by atoms with Gasteiger partial charge < -0.3 is 4.98 Å². The maximum atomic E-state index is 13.1. The van der Waals surface area contributed by atoms with Crippen molar-refractivity contribution in [3.8, 4) is 0 Å². The molecule has 0 radical (unpaired) electrons. The zero-order valence-corrected chi connectivity index (χ0v) is 21.5. The Balaban J connectivity index is 1.74. The minimum atomic E-state index is -0.242. The Kier molecular flexibility index (Phi) is 7.45. The van der Waals surface area contributed by atoms with Crippen LogP contribution in [0.5, 0.6) is 0 Å². The SMILES string of the molecule is CCC[C@H](c1nnnn1C(C)(C)C)N(CCc1ccccc1)Cc1cc2cc(C)ccc2[nH]c1=O. The molecule has 35 heavy (non-hydrogen) atoms. The summed E-state index contributed by atoms with van der Waals surface area (Å²) in [7, 11) is 0. The number of nitrogens with zero attached hydrogens (tertiary/aromatic N) is 5. The maximum absolute atomic E-state index is 13.1. The van der Waals surface area contributed by atoms with E-state index in [0.717, 1.165) is 48.1 Å². The van der Waals surface area contributed by atoms with Crippen molar-refractivity contribution in [1.82, 2.24) is 30.1 Å². The summed E-state index contributed by atoms with van der Waals surface area (Å²) in [6, 6.07) is 18.6. The van der Waals surface area contributed by atoms with Gasteiger partial charge in [-0.05, 0) is 80.1 Å². The van der Waals surface area contributed by atoms with Gasteiger partial charge in [-0.15, -0.1) is 5.10 Å². The van der Waals surface area contributed by atoms with Crippen LogP contribution in [0.15, 0.2) is 59.4 Å². The molecule has 0 aliphatic heterocycles. The van der Waals surface area contributed by atoms with E-state index in [1.54, 1.807) is 0 Å². The van der Waals surface area contributed by atoms with Crippen LogP contribution >= 0.6 is 0 Å². The molecule has 2 heterocycles. The van der Waals surface area contributed by atoms with E-state index in [-0.39, 0.29) is 17.1 Å². The molecule has 0 saturated heterocycles. The number of pyridine rings is 1. The van der Waals surface area contributed by atoms with E-state index in [0.29, 0.717) is 6.54 Å². The minimum Gasteiger partial charge on any atom is -0.322 e. The van der Waals surface area contributed by atoms with Gasteiger partial charge in [0.15, 0.2) is 5.82 Å². The molecule has 0 aliphatic rings. The lowest BCUT2D eigenvalue weighted by molar-refractivity contribution is 0.158. The molecule has 2 aromatic carbocycles. The van der Waals surface area contributed by atoms with Crippen LogP contribution in [0.4, 0.5) is 0 Å². The summed E-state index contributed by atoms with van der Waals surface area (Å²) in [6.07, 6.45) is 2.76. The molecule has 0 spiro atoms. The lowest BCUT2D eigenvalue weighted by Gasteiger charge is -2.33. The molecule has 2 aromatic heterocycles. The van der Waals surface area contributed by atoms with Gasteiger partial charge in [-0.2, -0.15) is 0 Å². The van der Waals surface area contributed by atoms with Gasteiger partial charge >= 0.3 is 0 Å². The first-order valence-electron chi connectivity index (χ1n) is 12.5. The average Bonchev–Trinajstić information content (AvgIpc) is 3.32. The monoisotopic (exact) mass is 472 g/mol. The van der Waals surface area contributed by atoms with Crippen LogP contribution < -0.4 is 5.56 Å². The van der Waals surface area contributed by atoms with E-state index in [2.05, 4.69) is 90.4 Å². The number of aryl methyl sites for hydroxylation is 1. The highest BCUT2D eigenvalue weighted by atomic mass is 16.1. The number of hydrogen-bond donors (Lipinski definition) is 1. The Bertz CT molecular complexity index is 1320. The number of hydrogen-bond acceptors (Lipinski definition) is 5. The Morgan fingerprint density at radius 1 is 1.09 bits per heavy atom. The molecule has 0 bridgehead atoms. The normalized spacial score (nSPS) is 13.0. The molecular formula is C28H36N6O. The Morgan fingerprint density at radius 2 is 1.86 bits per heavy atom. The van der Waals surface area contributed by atoms with Crippen molar-refractivity contribution in [2.45, 2.75) is 72.0 Å². The summed E-state index contributed by atoms with van der Waals surface area (Å²) in [5.74, 6) is 0.848. The molecular weight excluding hydrogens is 436 g/mol. The molecule has 7 heteroatoms. The molecule has 1 atom stereocenters. The van der Waals surface area contributed by atoms with Crippen molar-refractivity contribution in [2.75, 3.05) is 6.54 Å². The first-order valence-corrected chi connectivity index (χ1v) is 12.5. The molecule has 0 saturated carbocycles. The van der Waals surface area contributed by atoms with Gasteiger partial charge in [0.1, 0.15) is 0 Å². The second-order valence-corrected chi connectivity index (χ2v) is 10.3. The molecule has 184 valence electrons. The number of nitrogens with one attached hydrogen (secondary N) is 1. The Morgan fingerprint density at radius 3 is 2.57 bits per heavy atom. The maximum Gasteiger partial charge on any atom is 0.252 e. The van der Waals surface area contributed by atoms with Crippen molar-refractivity contribution < 1.29 is 0 Å². The fourth-order valence-electron chi connectivity index (χ4n) is 4.60. The summed E-state index contributed by atoms with van der Waals surface area (Å²) in [5, 5.41) is 13.9. The number of benzene rings is 2. The summed E-state index contributed by atoms with van der Waals surface area (Å²) >= 11 is 0. The quantitative estimate of drug-likeness (QED) is 0.364. The molecule has 7 nitrogen and oxygen atoms in total. The molecule has 1 N–H and O–H groups in total. The van der Waals surface area contributed by atoms with Gasteiger partial charge in [-0.3, -0.25) is 9.69 Å². The third kappa shape index (κ3) is 5.85. The van der Waals surface area contributed by atoms with Crippen molar-refractivity contribution in [3.05, 3.63) is 87.5 Å². The van der Waals surface area contributed by atoms with Crippen LogP contribution in [0, 0.1) is 6.92 Å². The zero-order chi connectivity index (χ0) is 25.0. The van der Waals surface area contributed by atoms with Gasteiger partial charge in [0.25, 0.3) is 5.56 Å². The average molecular weight is 473 g/mol. The molecule has 0 aliphatic carbocycles. The first-order chi connectivity index (χ1) is 16.8. The molecule has 0 unspecified atom stereocenters. The lowest BCUT2D eigenvalue weighted by Crippen LogP contribution is -2.36. The van der Waals surface area contributed by atoms with Crippen molar-refractivity contribution >= 4 is 10.9 Å². The van der Waals surface area contributed by atoms with E-state index >= 15 is 0 Å². The Labute approximate surface area is 207 Å². The van der Waals surface area contributed by atoms with Gasteiger partial charge in [-0.25, -0.2) is 4.68 Å². The van der Waals surface area contributed by atoms with Crippen LogP contribution in [-0.4, -0.2) is 36.6 Å². The fraction of sp³-hybridized carbons (Fsp3) is 0.429. The highest BCUT2D eigenvalue weighted by Gasteiger charge is 2.30. The summed E-state index contributed by atoms with van der Waals surface area (Å²) < 4.78 is 1.93. The summed E-state index contributed by atoms with van der Waals surface area (Å²) in [5.41, 5.74) is 3.77. The third-order valence-electron chi connectivity index (χ3n) is 6.41. The lowest BCUT2D eigenvalue weighted by atomic mass is 10.0. The summed E-state index contributed by atoms with van der Waals surface area (Å²) in [4.78, 5) is 18.5. The van der Waals surface area contributed by atoms with E-state index in [1.807, 2.05) is 28.9 Å². The van der Waals surface area contributed by atoms with Gasteiger partial charge in [-0.1, -0.05) is 55.3 Å². The van der Waals surface area contributed by atoms with Crippen molar-refractivity contribution in [3.63, 3.8) is 0 Å². The second kappa shape index (κ2) is 10.5. The smallest absolute Gasteiger partial charge is 0.252 e. The third-order valence-corrected chi connectivity index (χ3v) is 6.41. The van der Waals surface area contributed by atoms with Gasteiger partial charge in [0.2, 0.25) is 0 Å². The molecule has 4 rings (SSSR count). The van der Waals surface area contributed by atoms with Crippen molar-refractivity contribution in [2.24, 2.45) is 0 Å². The fourth-order valence-corrected chi connectivity index (χ4v) is 4.60. The summed E-state index contributed by atoms with van der Waals surface area (Å²) in [6.45, 7) is 11.9. The van der Waals surface area contributed by atoms with Crippen LogP contribution in [-0.2, 0) is 18.5 Å². The Hall–Kier alpha value is -3.32. The van der Waals surface area contributed by atoms with Crippen LogP contribution in [0.1, 0.15) is 69.1 Å².